The monoisotopic (exact) mass is 141 g/mol. The summed E-state index contributed by atoms with van der Waals surface area (Å²) >= 11 is 0. The summed E-state index contributed by atoms with van der Waals surface area (Å²) in [6, 6.07) is 0. The normalized spacial score (nSPS) is 10.1. The van der Waals surface area contributed by atoms with Gasteiger partial charge in [0.25, 0.3) is 0 Å². The van der Waals surface area contributed by atoms with Crippen molar-refractivity contribution >= 4 is 6.41 Å². The molecule has 0 aliphatic rings. The lowest BCUT2D eigenvalue weighted by Gasteiger charge is -1.90. The van der Waals surface area contributed by atoms with Crippen LogP contribution in [-0.4, -0.2) is 6.41 Å². The van der Waals surface area contributed by atoms with E-state index in [1.54, 1.807) is 6.20 Å². The number of rotatable bonds is 6. The molecule has 2 nitrogen and oxygen atoms in total. The van der Waals surface area contributed by atoms with Crippen LogP contribution >= 0.6 is 0 Å². The van der Waals surface area contributed by atoms with Crippen LogP contribution in [0, 0.1) is 0 Å². The average Bonchev–Trinajstić information content (AvgIpc) is 1.97. The summed E-state index contributed by atoms with van der Waals surface area (Å²) in [5.41, 5.74) is 0. The third-order valence-electron chi connectivity index (χ3n) is 1.26. The Morgan fingerprint density at radius 1 is 1.40 bits per heavy atom. The van der Waals surface area contributed by atoms with Gasteiger partial charge in [-0.05, 0) is 19.0 Å². The molecular formula is C8H15NO. The first-order valence-corrected chi connectivity index (χ1v) is 3.76. The van der Waals surface area contributed by atoms with Crippen molar-refractivity contribution in [3.05, 3.63) is 12.3 Å². The van der Waals surface area contributed by atoms with Gasteiger partial charge in [0.2, 0.25) is 6.41 Å². The molecule has 0 aromatic carbocycles. The number of amides is 1. The van der Waals surface area contributed by atoms with Crippen LogP contribution < -0.4 is 5.32 Å². The molecule has 0 aromatic heterocycles. The molecule has 0 bridgehead atoms. The zero-order valence-electron chi connectivity index (χ0n) is 6.47. The largest absolute Gasteiger partial charge is 0.336 e. The van der Waals surface area contributed by atoms with Gasteiger partial charge in [-0.1, -0.05) is 25.8 Å². The van der Waals surface area contributed by atoms with Crippen LogP contribution in [0.5, 0.6) is 0 Å². The van der Waals surface area contributed by atoms with Crippen LogP contribution in [0.15, 0.2) is 12.3 Å². The fourth-order valence-corrected chi connectivity index (χ4v) is 0.703. The SMILES string of the molecule is CCCCCC=CNC=O. The fraction of sp³-hybridized carbons (Fsp3) is 0.625. The van der Waals surface area contributed by atoms with Crippen LogP contribution in [0.1, 0.15) is 32.6 Å². The number of hydrogen-bond acceptors (Lipinski definition) is 1. The van der Waals surface area contributed by atoms with Crippen molar-refractivity contribution in [3.63, 3.8) is 0 Å². The Hall–Kier alpha value is -0.790. The molecule has 0 aliphatic heterocycles. The molecule has 0 rings (SSSR count). The zero-order valence-corrected chi connectivity index (χ0v) is 6.47. The van der Waals surface area contributed by atoms with Crippen LogP contribution in [0.25, 0.3) is 0 Å². The lowest BCUT2D eigenvalue weighted by Crippen LogP contribution is -1.97. The van der Waals surface area contributed by atoms with E-state index in [2.05, 4.69) is 12.2 Å². The number of carbonyl (C=O) groups is 1. The third-order valence-corrected chi connectivity index (χ3v) is 1.26. The van der Waals surface area contributed by atoms with Crippen molar-refractivity contribution in [1.29, 1.82) is 0 Å². The third kappa shape index (κ3) is 7.21. The summed E-state index contributed by atoms with van der Waals surface area (Å²) in [4.78, 5) is 9.73. The first-order valence-electron chi connectivity index (χ1n) is 3.76. The lowest BCUT2D eigenvalue weighted by atomic mass is 10.2. The van der Waals surface area contributed by atoms with Gasteiger partial charge in [0.15, 0.2) is 0 Å². The van der Waals surface area contributed by atoms with Crippen molar-refractivity contribution in [2.24, 2.45) is 0 Å². The average molecular weight is 141 g/mol. The molecule has 10 heavy (non-hydrogen) atoms. The van der Waals surface area contributed by atoms with Crippen molar-refractivity contribution in [3.8, 4) is 0 Å². The van der Waals surface area contributed by atoms with Gasteiger partial charge >= 0.3 is 0 Å². The lowest BCUT2D eigenvalue weighted by molar-refractivity contribution is -0.108. The van der Waals surface area contributed by atoms with E-state index >= 15 is 0 Å². The molecule has 0 saturated heterocycles. The predicted molar refractivity (Wildman–Crippen MR) is 42.5 cm³/mol. The molecule has 0 aromatic rings. The van der Waals surface area contributed by atoms with Crippen LogP contribution in [0.4, 0.5) is 0 Å². The van der Waals surface area contributed by atoms with Gasteiger partial charge in [-0.25, -0.2) is 0 Å². The minimum Gasteiger partial charge on any atom is -0.336 e. The van der Waals surface area contributed by atoms with E-state index in [1.165, 1.54) is 19.3 Å². The molecule has 2 heteroatoms. The highest BCUT2D eigenvalue weighted by atomic mass is 16.1. The summed E-state index contributed by atoms with van der Waals surface area (Å²) in [6.45, 7) is 2.17. The number of carbonyl (C=O) groups excluding carboxylic acids is 1. The Balaban J connectivity index is 2.94. The van der Waals surface area contributed by atoms with Crippen molar-refractivity contribution in [2.45, 2.75) is 32.6 Å². The fourth-order valence-electron chi connectivity index (χ4n) is 0.703. The predicted octanol–water partition coefficient (Wildman–Crippen LogP) is 1.83. The van der Waals surface area contributed by atoms with Crippen LogP contribution in [-0.2, 0) is 4.79 Å². The molecule has 0 spiro atoms. The second kappa shape index (κ2) is 8.21. The molecule has 0 heterocycles. The second-order valence-electron chi connectivity index (χ2n) is 2.18. The quantitative estimate of drug-likeness (QED) is 0.443. The van der Waals surface area contributed by atoms with E-state index in [-0.39, 0.29) is 0 Å². The summed E-state index contributed by atoms with van der Waals surface area (Å²) in [6.07, 6.45) is 9.13. The van der Waals surface area contributed by atoms with Crippen molar-refractivity contribution < 1.29 is 4.79 Å². The first kappa shape index (κ1) is 9.21. The molecule has 0 aliphatic carbocycles. The highest BCUT2D eigenvalue weighted by Gasteiger charge is 1.79. The molecule has 0 fully saturated rings. The van der Waals surface area contributed by atoms with Gasteiger partial charge in [0.05, 0.1) is 0 Å². The minimum atomic E-state index is 0.677. The Kier molecular flexibility index (Phi) is 7.56. The Bertz CT molecular complexity index is 99.4. The molecule has 0 saturated carbocycles. The minimum absolute atomic E-state index is 0.677. The van der Waals surface area contributed by atoms with Crippen LogP contribution in [0.3, 0.4) is 0 Å². The number of nitrogens with one attached hydrogen (secondary N) is 1. The molecule has 1 amide bonds. The standard InChI is InChI=1S/C8H15NO/c1-2-3-4-5-6-7-9-8-10/h6-8H,2-5H2,1H3,(H,9,10). The van der Waals surface area contributed by atoms with Gasteiger partial charge in [-0.3, -0.25) is 4.79 Å². The second-order valence-corrected chi connectivity index (χ2v) is 2.18. The molecule has 0 radical (unpaired) electrons. The van der Waals surface area contributed by atoms with E-state index in [0.717, 1.165) is 6.42 Å². The molecule has 1 N–H and O–H groups in total. The smallest absolute Gasteiger partial charge is 0.211 e. The maximum Gasteiger partial charge on any atom is 0.211 e. The molecule has 0 unspecified atom stereocenters. The maximum absolute atomic E-state index is 9.73. The van der Waals surface area contributed by atoms with E-state index in [4.69, 9.17) is 0 Å². The van der Waals surface area contributed by atoms with Gasteiger partial charge in [-0.2, -0.15) is 0 Å². The Labute approximate surface area is 62.3 Å². The van der Waals surface area contributed by atoms with Gasteiger partial charge in [0.1, 0.15) is 0 Å². The highest BCUT2D eigenvalue weighted by molar-refractivity contribution is 5.47. The topological polar surface area (TPSA) is 29.1 Å². The van der Waals surface area contributed by atoms with E-state index in [9.17, 15) is 4.79 Å². The molecule has 58 valence electrons. The molecule has 0 atom stereocenters. The number of unbranched alkanes of at least 4 members (excludes halogenated alkanes) is 3. The summed E-state index contributed by atoms with van der Waals surface area (Å²) in [5, 5.41) is 2.46. The van der Waals surface area contributed by atoms with Crippen molar-refractivity contribution in [2.75, 3.05) is 0 Å². The van der Waals surface area contributed by atoms with Gasteiger partial charge in [-0.15, -0.1) is 0 Å². The van der Waals surface area contributed by atoms with E-state index in [0.29, 0.717) is 6.41 Å². The summed E-state index contributed by atoms with van der Waals surface area (Å²) in [5.74, 6) is 0. The highest BCUT2D eigenvalue weighted by Crippen LogP contribution is 1.98. The van der Waals surface area contributed by atoms with Crippen molar-refractivity contribution in [1.82, 2.24) is 5.32 Å². The zero-order chi connectivity index (χ0) is 7.66. The first-order chi connectivity index (χ1) is 4.91. The number of hydrogen-bond donors (Lipinski definition) is 1. The van der Waals surface area contributed by atoms with E-state index < -0.39 is 0 Å². The van der Waals surface area contributed by atoms with Gasteiger partial charge < -0.3 is 5.32 Å². The van der Waals surface area contributed by atoms with Gasteiger partial charge in [0, 0.05) is 0 Å². The summed E-state index contributed by atoms with van der Waals surface area (Å²) in [7, 11) is 0. The molecular weight excluding hydrogens is 126 g/mol. The maximum atomic E-state index is 9.73. The number of allylic oxidation sites excluding steroid dienone is 1. The van der Waals surface area contributed by atoms with E-state index in [1.807, 2.05) is 6.08 Å². The van der Waals surface area contributed by atoms with Crippen LogP contribution in [0.2, 0.25) is 0 Å². The Morgan fingerprint density at radius 2 is 2.20 bits per heavy atom. The Morgan fingerprint density at radius 3 is 2.80 bits per heavy atom. The summed E-state index contributed by atoms with van der Waals surface area (Å²) < 4.78 is 0.